The second-order valence-electron chi connectivity index (χ2n) is 7.94. The van der Waals surface area contributed by atoms with Gasteiger partial charge in [0.2, 0.25) is 0 Å². The van der Waals surface area contributed by atoms with Crippen LogP contribution >= 0.6 is 0 Å². The summed E-state index contributed by atoms with van der Waals surface area (Å²) in [5.74, 6) is 0.185. The van der Waals surface area contributed by atoms with E-state index in [1.165, 1.54) is 5.56 Å². The van der Waals surface area contributed by atoms with Crippen LogP contribution in [0.3, 0.4) is 0 Å². The summed E-state index contributed by atoms with van der Waals surface area (Å²) >= 11 is 0. The Hall–Kier alpha value is -3.38. The molecule has 0 saturated heterocycles. The third-order valence-corrected chi connectivity index (χ3v) is 4.61. The van der Waals surface area contributed by atoms with Crippen molar-refractivity contribution >= 4 is 23.3 Å². The van der Waals surface area contributed by atoms with E-state index in [4.69, 9.17) is 5.73 Å². The molecular weight excluding hydrogens is 374 g/mol. The van der Waals surface area contributed by atoms with E-state index in [-0.39, 0.29) is 20.3 Å². The zero-order chi connectivity index (χ0) is 21.4. The average molecular weight is 412 g/mol. The molecule has 0 fully saturated rings. The van der Waals surface area contributed by atoms with Crippen LogP contribution in [0.4, 0.5) is 10.5 Å². The average Bonchev–Trinajstić information content (AvgIpc) is 2.66. The van der Waals surface area contributed by atoms with Crippen molar-refractivity contribution in [3.8, 4) is 0 Å². The largest absolute Gasteiger partial charge is 0.384 e. The number of aliphatic imine (C=N–C) groups is 1. The van der Waals surface area contributed by atoms with Gasteiger partial charge in [0, 0.05) is 20.8 Å². The fourth-order valence-electron chi connectivity index (χ4n) is 2.40. The highest BCUT2D eigenvalue weighted by Gasteiger charge is 2.12. The molecule has 2 rings (SSSR count). The molecule has 0 bridgehead atoms. The van der Waals surface area contributed by atoms with Crippen LogP contribution in [0, 0.1) is 5.41 Å². The Balaban J connectivity index is 0. The lowest BCUT2D eigenvalue weighted by molar-refractivity contribution is 0.259. The summed E-state index contributed by atoms with van der Waals surface area (Å²) in [5, 5.41) is 6.03. The van der Waals surface area contributed by atoms with Gasteiger partial charge in [-0.25, -0.2) is 4.79 Å². The van der Waals surface area contributed by atoms with Crippen LogP contribution in [0.5, 0.6) is 0 Å². The quantitative estimate of drug-likeness (QED) is 0.345. The molecule has 0 aromatic heterocycles. The highest BCUT2D eigenvalue weighted by molar-refractivity contribution is 6.03. The van der Waals surface area contributed by atoms with Crippen molar-refractivity contribution in [3.05, 3.63) is 84.0 Å². The summed E-state index contributed by atoms with van der Waals surface area (Å²) in [6.07, 6.45) is 1.73. The second-order valence-corrected chi connectivity index (χ2v) is 7.94. The maximum Gasteiger partial charge on any atom is 0.347 e. The van der Waals surface area contributed by atoms with E-state index in [1.807, 2.05) is 49.4 Å². The van der Waals surface area contributed by atoms with Crippen molar-refractivity contribution in [2.75, 3.05) is 5.32 Å². The minimum Gasteiger partial charge on any atom is -0.384 e. The Morgan fingerprint density at radius 3 is 2.30 bits per heavy atom. The fourth-order valence-corrected chi connectivity index (χ4v) is 2.40. The summed E-state index contributed by atoms with van der Waals surface area (Å²) < 4.78 is 0. The molecule has 0 aliphatic heterocycles. The van der Waals surface area contributed by atoms with Crippen LogP contribution in [0.2, 0.25) is 0 Å². The normalized spacial score (nSPS) is 12.0. The number of hydrogen-bond acceptors (Lipinski definition) is 3. The second kappa shape index (κ2) is 11.0. The molecule has 6 nitrogen and oxygen atoms in total. The first-order chi connectivity index (χ1) is 13.6. The molecule has 0 aliphatic rings. The molecule has 7 N–H and O–H groups in total. The number of nitrogens with one attached hydrogen (secondary N) is 2. The van der Waals surface area contributed by atoms with Crippen LogP contribution in [0.25, 0.3) is 5.70 Å². The van der Waals surface area contributed by atoms with Gasteiger partial charge in [-0.05, 0) is 41.7 Å². The van der Waals surface area contributed by atoms with Gasteiger partial charge in [0.15, 0.2) is 0 Å². The Morgan fingerprint density at radius 1 is 1.13 bits per heavy atom. The monoisotopic (exact) mass is 411 g/mol. The highest BCUT2D eigenvalue weighted by Crippen LogP contribution is 2.23. The van der Waals surface area contributed by atoms with Crippen molar-refractivity contribution in [1.29, 1.82) is 0 Å². The lowest BCUT2D eigenvalue weighted by Gasteiger charge is -2.19. The molecule has 30 heavy (non-hydrogen) atoms. The number of amides is 2. The number of allylic oxidation sites excluding steroid dienone is 1. The number of amidine groups is 1. The number of anilines is 1. The molecule has 0 heterocycles. The number of carbonyl (C=O) groups excluding carboxylic acids is 1. The molecule has 2 aromatic rings. The predicted octanol–water partition coefficient (Wildman–Crippen LogP) is 5.98. The van der Waals surface area contributed by atoms with Gasteiger partial charge in [-0.2, -0.15) is 4.99 Å². The number of carbonyl (C=O) groups is 1. The van der Waals surface area contributed by atoms with Gasteiger partial charge >= 0.3 is 6.03 Å². The third-order valence-electron chi connectivity index (χ3n) is 4.61. The molecular formula is C24H37N5O. The molecule has 0 aliphatic carbocycles. The predicted molar refractivity (Wildman–Crippen MR) is 132 cm³/mol. The first kappa shape index (κ1) is 24.7. The lowest BCUT2D eigenvalue weighted by Crippen LogP contribution is -2.17. The maximum absolute atomic E-state index is 12.1. The van der Waals surface area contributed by atoms with E-state index in [1.54, 1.807) is 6.08 Å². The van der Waals surface area contributed by atoms with Crippen molar-refractivity contribution < 1.29 is 7.65 Å². The summed E-state index contributed by atoms with van der Waals surface area (Å²) in [5.41, 5.74) is 10.5. The van der Waals surface area contributed by atoms with E-state index < -0.39 is 6.03 Å². The van der Waals surface area contributed by atoms with Crippen LogP contribution in [0.1, 0.15) is 41.7 Å². The maximum atomic E-state index is 12.1. The molecule has 2 amide bonds. The first-order valence-corrected chi connectivity index (χ1v) is 9.56. The fraction of sp³-hybridized carbons (Fsp3) is 0.250. The van der Waals surface area contributed by atoms with Crippen LogP contribution < -0.4 is 22.5 Å². The first-order valence-electron chi connectivity index (χ1n) is 9.56. The Kier molecular flexibility index (Phi) is 9.02. The van der Waals surface area contributed by atoms with Gasteiger partial charge in [0.1, 0.15) is 5.84 Å². The summed E-state index contributed by atoms with van der Waals surface area (Å²) in [7, 11) is 0. The highest BCUT2D eigenvalue weighted by atomic mass is 16.2. The van der Waals surface area contributed by atoms with E-state index in [2.05, 4.69) is 55.1 Å². The standard InChI is InChI=1S/C24H30N4O.H3N.2H2/c1-17(24(3,4)5)15-22(25)28-23(29)27-21-13-11-20(12-14-21)18(2)26-16-19-9-7-6-8-10-19;;;/h6-15,26H,2,16H2,1,3-5H3,(H3,25,27,28,29);1H3;2*1H/b17-15+;;;. The topological polar surface area (TPSA) is 115 Å². The zero-order valence-electron chi connectivity index (χ0n) is 18.3. The van der Waals surface area contributed by atoms with Gasteiger partial charge in [-0.1, -0.05) is 75.4 Å². The van der Waals surface area contributed by atoms with Crippen molar-refractivity contribution in [2.24, 2.45) is 16.1 Å². The Labute approximate surface area is 182 Å². The van der Waals surface area contributed by atoms with Crippen LogP contribution in [-0.2, 0) is 6.54 Å². The molecule has 0 unspecified atom stereocenters. The summed E-state index contributed by atoms with van der Waals surface area (Å²) in [4.78, 5) is 16.0. The minimum absolute atomic E-state index is 0. The minimum atomic E-state index is -0.505. The van der Waals surface area contributed by atoms with E-state index in [0.29, 0.717) is 12.2 Å². The Morgan fingerprint density at radius 2 is 1.73 bits per heavy atom. The van der Waals surface area contributed by atoms with Gasteiger partial charge in [0.25, 0.3) is 0 Å². The third kappa shape index (κ3) is 7.93. The van der Waals surface area contributed by atoms with Crippen molar-refractivity contribution in [1.82, 2.24) is 11.5 Å². The van der Waals surface area contributed by atoms with Gasteiger partial charge in [-0.3, -0.25) is 0 Å². The molecule has 0 saturated carbocycles. The number of hydrogen-bond donors (Lipinski definition) is 4. The van der Waals surface area contributed by atoms with Gasteiger partial charge < -0.3 is 22.5 Å². The summed E-state index contributed by atoms with van der Waals surface area (Å²) in [6, 6.07) is 17.0. The number of benzene rings is 2. The number of urea groups is 1. The van der Waals surface area contributed by atoms with E-state index >= 15 is 0 Å². The summed E-state index contributed by atoms with van der Waals surface area (Å²) in [6.45, 7) is 13.0. The molecule has 0 atom stereocenters. The van der Waals surface area contributed by atoms with Gasteiger partial charge in [-0.15, -0.1) is 0 Å². The lowest BCUT2D eigenvalue weighted by atomic mass is 9.87. The van der Waals surface area contributed by atoms with Crippen molar-refractivity contribution in [2.45, 2.75) is 34.2 Å². The SMILES string of the molecule is C=C(NCc1ccccc1)c1ccc(NC(=O)/N=C(N)\C=C(/C)C(C)(C)C)cc1.N.[HH].[HH]. The smallest absolute Gasteiger partial charge is 0.347 e. The molecule has 0 radical (unpaired) electrons. The Bertz CT molecular complexity index is 918. The number of nitrogens with zero attached hydrogens (tertiary/aromatic N) is 1. The van der Waals surface area contributed by atoms with Crippen molar-refractivity contribution in [3.63, 3.8) is 0 Å². The van der Waals surface area contributed by atoms with Crippen LogP contribution in [0.15, 0.2) is 77.8 Å². The number of nitrogens with two attached hydrogens (primary N) is 1. The molecule has 2 aromatic carbocycles. The molecule has 6 heteroatoms. The zero-order valence-corrected chi connectivity index (χ0v) is 18.3. The van der Waals surface area contributed by atoms with E-state index in [9.17, 15) is 4.79 Å². The number of rotatable bonds is 6. The van der Waals surface area contributed by atoms with Gasteiger partial charge in [0.05, 0.1) is 0 Å². The van der Waals surface area contributed by atoms with Crippen LogP contribution in [-0.4, -0.2) is 11.9 Å². The van der Waals surface area contributed by atoms with E-state index in [0.717, 1.165) is 16.8 Å². The molecule has 164 valence electrons. The molecule has 0 spiro atoms.